The van der Waals surface area contributed by atoms with Crippen LogP contribution in [0.5, 0.6) is 23.0 Å². The maximum absolute atomic E-state index is 13.8. The monoisotopic (exact) mass is 694 g/mol. The van der Waals surface area contributed by atoms with Gasteiger partial charge in [0.15, 0.2) is 0 Å². The number of ether oxygens (including phenoxy) is 4. The maximum atomic E-state index is 13.8. The molecule has 2 aromatic rings. The minimum absolute atomic E-state index is 0.184. The molecule has 2 aromatic carbocycles. The number of hydrogen-bond acceptors (Lipinski definition) is 6. The number of unbranched alkanes of at least 4 members (excludes halogenated alkanes) is 3. The number of hydrogen-bond donors (Lipinski definition) is 1. The molecule has 0 atom stereocenters. The van der Waals surface area contributed by atoms with E-state index in [2.05, 4.69) is 37.1 Å². The van der Waals surface area contributed by atoms with Crippen molar-refractivity contribution < 1.29 is 28.1 Å². The van der Waals surface area contributed by atoms with E-state index < -0.39 is 25.2 Å². The van der Waals surface area contributed by atoms with Gasteiger partial charge in [-0.3, -0.25) is 0 Å². The number of methoxy groups -OCH3 is 3. The molecule has 42 heavy (non-hydrogen) atoms. The first-order valence-corrected chi connectivity index (χ1v) is 23.0. The van der Waals surface area contributed by atoms with E-state index in [0.29, 0.717) is 30.3 Å². The molecule has 9 heteroatoms. The third-order valence-corrected chi connectivity index (χ3v) is 24.2. The quantitative estimate of drug-likeness (QED) is 0.173. The molecular formula is C33H51FN2O5Sn. The van der Waals surface area contributed by atoms with Crippen molar-refractivity contribution in [2.24, 2.45) is 0 Å². The zero-order valence-corrected chi connectivity index (χ0v) is 29.4. The van der Waals surface area contributed by atoms with Crippen molar-refractivity contribution in [1.29, 1.82) is 0 Å². The Morgan fingerprint density at radius 1 is 0.857 bits per heavy atom. The Kier molecular flexibility index (Phi) is 14.0. The molecule has 7 nitrogen and oxygen atoms in total. The van der Waals surface area contributed by atoms with Gasteiger partial charge in [-0.05, 0) is 0 Å². The number of carbonyl (C=O) groups excluding carboxylic acids is 1. The van der Waals surface area contributed by atoms with Gasteiger partial charge < -0.3 is 4.74 Å². The van der Waals surface area contributed by atoms with Crippen LogP contribution in [0.4, 0.5) is 4.39 Å². The van der Waals surface area contributed by atoms with Crippen LogP contribution in [0.25, 0.3) is 0 Å². The van der Waals surface area contributed by atoms with Gasteiger partial charge >= 0.3 is 238 Å². The number of amides is 1. The molecule has 3 rings (SSSR count). The molecule has 1 heterocycles. The summed E-state index contributed by atoms with van der Waals surface area (Å²) in [4.78, 5) is 16.0. The first-order valence-electron chi connectivity index (χ1n) is 15.6. The molecular weight excluding hydrogens is 642 g/mol. The number of nitrogens with zero attached hydrogens (tertiary/aromatic N) is 1. The number of rotatable bonds is 18. The zero-order chi connectivity index (χ0) is 30.5. The van der Waals surface area contributed by atoms with E-state index in [1.54, 1.807) is 21.3 Å². The minimum atomic E-state index is -2.92. The van der Waals surface area contributed by atoms with Crippen LogP contribution in [0, 0.1) is 0 Å². The summed E-state index contributed by atoms with van der Waals surface area (Å²) in [6, 6.07) is 8.15. The fraction of sp³-hybridized carbons (Fsp3) is 0.606. The van der Waals surface area contributed by atoms with Crippen LogP contribution < -0.4 is 27.8 Å². The summed E-state index contributed by atoms with van der Waals surface area (Å²) in [6.07, 6.45) is 7.90. The van der Waals surface area contributed by atoms with E-state index in [1.807, 2.05) is 18.2 Å². The molecule has 0 spiro atoms. The summed E-state index contributed by atoms with van der Waals surface area (Å²) in [5.74, 6) is 1.80. The second kappa shape index (κ2) is 17.2. The van der Waals surface area contributed by atoms with Gasteiger partial charge in [-0.15, -0.1) is 0 Å². The Hall–Kier alpha value is -2.20. The molecule has 0 bridgehead atoms. The van der Waals surface area contributed by atoms with Gasteiger partial charge in [-0.25, -0.2) is 0 Å². The van der Waals surface area contributed by atoms with Gasteiger partial charge in [0, 0.05) is 0 Å². The second-order valence-corrected chi connectivity index (χ2v) is 24.6. The topological polar surface area (TPSA) is 69.3 Å². The Balaban J connectivity index is 1.91. The predicted molar refractivity (Wildman–Crippen MR) is 170 cm³/mol. The second-order valence-electron chi connectivity index (χ2n) is 11.3. The summed E-state index contributed by atoms with van der Waals surface area (Å²) in [5.41, 5.74) is 2.75. The molecule has 0 saturated heterocycles. The normalized spacial score (nSPS) is 13.4. The van der Waals surface area contributed by atoms with Crippen LogP contribution in [0.15, 0.2) is 24.3 Å². The number of nitrogens with one attached hydrogen (secondary N) is 1. The molecule has 0 unspecified atom stereocenters. The van der Waals surface area contributed by atoms with E-state index in [9.17, 15) is 9.18 Å². The van der Waals surface area contributed by atoms with Gasteiger partial charge in [0.25, 0.3) is 0 Å². The number of alkyl halides is 1. The molecule has 0 fully saturated rings. The Bertz CT molecular complexity index is 1140. The van der Waals surface area contributed by atoms with Crippen molar-refractivity contribution in [3.8, 4) is 23.0 Å². The van der Waals surface area contributed by atoms with Crippen molar-refractivity contribution in [3.05, 3.63) is 41.0 Å². The molecule has 234 valence electrons. The van der Waals surface area contributed by atoms with Gasteiger partial charge in [0.05, 0.1) is 14.2 Å². The summed E-state index contributed by atoms with van der Waals surface area (Å²) in [5, 5.41) is 3.11. The average molecular weight is 693 g/mol. The van der Waals surface area contributed by atoms with Gasteiger partial charge in [0.2, 0.25) is 0 Å². The van der Waals surface area contributed by atoms with Crippen LogP contribution in [0.3, 0.4) is 0 Å². The number of carbonyl (C=O) groups is 1. The first-order chi connectivity index (χ1) is 20.4. The molecule has 0 aliphatic carbocycles. The third-order valence-electron chi connectivity index (χ3n) is 8.62. The first kappa shape index (κ1) is 34.3. The van der Waals surface area contributed by atoms with Gasteiger partial charge in [0.1, 0.15) is 0 Å². The molecule has 1 N–H and O–H groups in total. The SMILES string of the molecule is CCC[CH2][Sn]([CH2]CCC)([CH2]CCC)[c]1cc(OC)c(OCF)c(C(=O)NCN2CCc3cc(OC)c(OC)cc3C2)c1. The van der Waals surface area contributed by atoms with Crippen molar-refractivity contribution in [2.75, 3.05) is 41.4 Å². The van der Waals surface area contributed by atoms with Gasteiger partial charge in [-0.2, -0.15) is 0 Å². The number of halogens is 1. The van der Waals surface area contributed by atoms with Crippen molar-refractivity contribution in [3.63, 3.8) is 0 Å². The van der Waals surface area contributed by atoms with Gasteiger partial charge in [-0.1, -0.05) is 0 Å². The van der Waals surface area contributed by atoms with E-state index in [1.165, 1.54) is 41.7 Å². The van der Waals surface area contributed by atoms with Crippen LogP contribution >= 0.6 is 0 Å². The average Bonchev–Trinajstić information content (AvgIpc) is 3.02. The van der Waals surface area contributed by atoms with E-state index in [-0.39, 0.29) is 11.7 Å². The van der Waals surface area contributed by atoms with E-state index in [0.717, 1.165) is 43.5 Å². The van der Waals surface area contributed by atoms with Crippen LogP contribution in [-0.2, 0) is 13.0 Å². The zero-order valence-electron chi connectivity index (χ0n) is 26.6. The Morgan fingerprint density at radius 2 is 1.43 bits per heavy atom. The molecule has 1 aliphatic heterocycles. The molecule has 0 saturated carbocycles. The standard InChI is InChI=1S/C21H24FN2O5.3C4H9.Sn/c1-26-17-6-4-5-16(20(17)29-12-22)21(25)23-13-24-8-7-14-9-18(27-2)19(28-3)10-15(14)11-24;3*1-3-4-2;/h5-6,9-10H,7-8,11-13H2,1-3H3,(H,23,25);3*1,3-4H2,2H3;. The molecule has 1 aliphatic rings. The predicted octanol–water partition coefficient (Wildman–Crippen LogP) is 6.82. The van der Waals surface area contributed by atoms with Crippen LogP contribution in [-0.4, -0.2) is 70.6 Å². The van der Waals surface area contributed by atoms with Crippen molar-refractivity contribution in [1.82, 2.24) is 10.2 Å². The fourth-order valence-corrected chi connectivity index (χ4v) is 22.1. The van der Waals surface area contributed by atoms with E-state index in [4.69, 9.17) is 18.9 Å². The molecule has 0 aromatic heterocycles. The fourth-order valence-electron chi connectivity index (χ4n) is 6.14. The summed E-state index contributed by atoms with van der Waals surface area (Å²) in [7, 11) is 4.85. The van der Waals surface area contributed by atoms with Crippen molar-refractivity contribution >= 4 is 27.9 Å². The number of benzene rings is 2. The summed E-state index contributed by atoms with van der Waals surface area (Å²) in [6.45, 7) is 7.56. The Labute approximate surface area is 256 Å². The molecule has 1 amide bonds. The molecule has 0 radical (unpaired) electrons. The van der Waals surface area contributed by atoms with Crippen LogP contribution in [0.2, 0.25) is 13.3 Å². The number of fused-ring (bicyclic) bond motifs is 1. The van der Waals surface area contributed by atoms with E-state index >= 15 is 0 Å². The van der Waals surface area contributed by atoms with Crippen molar-refractivity contribution in [2.45, 2.75) is 85.6 Å². The summed E-state index contributed by atoms with van der Waals surface area (Å²) >= 11 is -2.92. The van der Waals surface area contributed by atoms with Crippen LogP contribution in [0.1, 0.15) is 80.8 Å². The summed E-state index contributed by atoms with van der Waals surface area (Å²) < 4.78 is 40.7. The third kappa shape index (κ3) is 8.46. The Morgan fingerprint density at radius 3 is 1.95 bits per heavy atom.